The summed E-state index contributed by atoms with van der Waals surface area (Å²) in [5.41, 5.74) is 2.29. The van der Waals surface area contributed by atoms with Crippen molar-refractivity contribution in [3.63, 3.8) is 0 Å². The Labute approximate surface area is 127 Å². The summed E-state index contributed by atoms with van der Waals surface area (Å²) < 4.78 is 4.94. The summed E-state index contributed by atoms with van der Waals surface area (Å²) in [7, 11) is 0. The van der Waals surface area contributed by atoms with Crippen LogP contribution in [0.5, 0.6) is 0 Å². The SMILES string of the molecule is CCOC(=O)c1cccc(NC(=O)c2cc(C3CC3)[nH]n2)c1. The Morgan fingerprint density at radius 1 is 1.36 bits per heavy atom. The Morgan fingerprint density at radius 3 is 2.91 bits per heavy atom. The first-order chi connectivity index (χ1) is 10.7. The average Bonchev–Trinajstić information content (AvgIpc) is 3.25. The van der Waals surface area contributed by atoms with Gasteiger partial charge in [0.2, 0.25) is 0 Å². The molecule has 0 atom stereocenters. The number of carbonyl (C=O) groups is 2. The van der Waals surface area contributed by atoms with Gasteiger partial charge < -0.3 is 10.1 Å². The van der Waals surface area contributed by atoms with Gasteiger partial charge in [-0.1, -0.05) is 6.07 Å². The number of H-pyrrole nitrogens is 1. The zero-order valence-electron chi connectivity index (χ0n) is 12.3. The zero-order chi connectivity index (χ0) is 15.5. The summed E-state index contributed by atoms with van der Waals surface area (Å²) in [4.78, 5) is 23.9. The molecule has 1 amide bonds. The van der Waals surface area contributed by atoms with E-state index in [1.54, 1.807) is 37.3 Å². The van der Waals surface area contributed by atoms with E-state index in [-0.39, 0.29) is 5.91 Å². The number of benzene rings is 1. The summed E-state index contributed by atoms with van der Waals surface area (Å²) in [6.45, 7) is 2.06. The molecule has 0 aliphatic heterocycles. The maximum atomic E-state index is 12.2. The zero-order valence-corrected chi connectivity index (χ0v) is 12.3. The molecule has 0 saturated heterocycles. The predicted molar refractivity (Wildman–Crippen MR) is 80.9 cm³/mol. The van der Waals surface area contributed by atoms with Gasteiger partial charge in [-0.2, -0.15) is 5.10 Å². The number of rotatable bonds is 5. The van der Waals surface area contributed by atoms with Crippen molar-refractivity contribution in [1.29, 1.82) is 0 Å². The van der Waals surface area contributed by atoms with Gasteiger partial charge in [-0.05, 0) is 44.0 Å². The van der Waals surface area contributed by atoms with E-state index < -0.39 is 5.97 Å². The van der Waals surface area contributed by atoms with Crippen LogP contribution in [-0.4, -0.2) is 28.7 Å². The summed E-state index contributed by atoms with van der Waals surface area (Å²) in [5.74, 6) is -0.195. The number of anilines is 1. The van der Waals surface area contributed by atoms with E-state index in [0.29, 0.717) is 29.5 Å². The highest BCUT2D eigenvalue weighted by atomic mass is 16.5. The second-order valence-corrected chi connectivity index (χ2v) is 5.24. The fraction of sp³-hybridized carbons (Fsp3) is 0.312. The smallest absolute Gasteiger partial charge is 0.338 e. The topological polar surface area (TPSA) is 84.1 Å². The van der Waals surface area contributed by atoms with Gasteiger partial charge in [0, 0.05) is 17.3 Å². The molecule has 6 nitrogen and oxygen atoms in total. The number of nitrogens with one attached hydrogen (secondary N) is 2. The van der Waals surface area contributed by atoms with Gasteiger partial charge in [0.05, 0.1) is 12.2 Å². The molecule has 3 rings (SSSR count). The molecule has 22 heavy (non-hydrogen) atoms. The van der Waals surface area contributed by atoms with Crippen molar-refractivity contribution >= 4 is 17.6 Å². The highest BCUT2D eigenvalue weighted by Gasteiger charge is 2.26. The molecule has 1 aromatic carbocycles. The quantitative estimate of drug-likeness (QED) is 0.831. The molecule has 1 aliphatic rings. The average molecular weight is 299 g/mol. The Bertz CT molecular complexity index is 704. The van der Waals surface area contributed by atoms with Crippen LogP contribution in [0.4, 0.5) is 5.69 Å². The first-order valence-electron chi connectivity index (χ1n) is 7.31. The number of carbonyl (C=O) groups excluding carboxylic acids is 2. The monoisotopic (exact) mass is 299 g/mol. The van der Waals surface area contributed by atoms with Crippen LogP contribution in [0.25, 0.3) is 0 Å². The molecule has 0 spiro atoms. The number of hydrogen-bond donors (Lipinski definition) is 2. The molecule has 6 heteroatoms. The number of nitrogens with zero attached hydrogens (tertiary/aromatic N) is 1. The van der Waals surface area contributed by atoms with Crippen LogP contribution in [0, 0.1) is 0 Å². The van der Waals surface area contributed by atoms with Crippen molar-refractivity contribution in [2.24, 2.45) is 0 Å². The number of aromatic nitrogens is 2. The van der Waals surface area contributed by atoms with Crippen LogP contribution >= 0.6 is 0 Å². The minimum Gasteiger partial charge on any atom is -0.462 e. The van der Waals surface area contributed by atoms with E-state index in [2.05, 4.69) is 15.5 Å². The van der Waals surface area contributed by atoms with Crippen molar-refractivity contribution in [1.82, 2.24) is 10.2 Å². The standard InChI is InChI=1S/C16H17N3O3/c1-2-22-16(21)11-4-3-5-12(8-11)17-15(20)14-9-13(18-19-14)10-6-7-10/h3-5,8-10H,2,6-7H2,1H3,(H,17,20)(H,18,19). The molecule has 1 saturated carbocycles. The minimum absolute atomic E-state index is 0.302. The summed E-state index contributed by atoms with van der Waals surface area (Å²) in [5, 5.41) is 9.67. The van der Waals surface area contributed by atoms with E-state index in [1.165, 1.54) is 0 Å². The third-order valence-corrected chi connectivity index (χ3v) is 3.48. The van der Waals surface area contributed by atoms with Gasteiger partial charge in [-0.3, -0.25) is 9.89 Å². The summed E-state index contributed by atoms with van der Waals surface area (Å²) in [6.07, 6.45) is 2.29. The van der Waals surface area contributed by atoms with E-state index >= 15 is 0 Å². The van der Waals surface area contributed by atoms with Crippen LogP contribution in [0.15, 0.2) is 30.3 Å². The number of aromatic amines is 1. The number of hydrogen-bond acceptors (Lipinski definition) is 4. The lowest BCUT2D eigenvalue weighted by molar-refractivity contribution is 0.0526. The lowest BCUT2D eigenvalue weighted by Gasteiger charge is -2.06. The molecule has 1 fully saturated rings. The molecule has 0 unspecified atom stereocenters. The highest BCUT2D eigenvalue weighted by Crippen LogP contribution is 2.39. The van der Waals surface area contributed by atoms with Crippen molar-refractivity contribution < 1.29 is 14.3 Å². The van der Waals surface area contributed by atoms with Crippen molar-refractivity contribution in [3.05, 3.63) is 47.3 Å². The second-order valence-electron chi connectivity index (χ2n) is 5.24. The first kappa shape index (κ1) is 14.3. The fourth-order valence-corrected chi connectivity index (χ4v) is 2.19. The Morgan fingerprint density at radius 2 is 2.18 bits per heavy atom. The molecule has 2 N–H and O–H groups in total. The molecule has 0 bridgehead atoms. The lowest BCUT2D eigenvalue weighted by Crippen LogP contribution is -2.13. The number of esters is 1. The number of ether oxygens (including phenoxy) is 1. The van der Waals surface area contributed by atoms with Crippen LogP contribution in [0.1, 0.15) is 52.2 Å². The van der Waals surface area contributed by atoms with Crippen molar-refractivity contribution in [2.75, 3.05) is 11.9 Å². The first-order valence-corrected chi connectivity index (χ1v) is 7.31. The van der Waals surface area contributed by atoms with Crippen LogP contribution in [0.3, 0.4) is 0 Å². The summed E-state index contributed by atoms with van der Waals surface area (Å²) in [6, 6.07) is 8.43. The van der Waals surface area contributed by atoms with Crippen LogP contribution < -0.4 is 5.32 Å². The van der Waals surface area contributed by atoms with Crippen LogP contribution in [-0.2, 0) is 4.74 Å². The molecule has 0 radical (unpaired) electrons. The van der Waals surface area contributed by atoms with E-state index in [9.17, 15) is 9.59 Å². The third kappa shape index (κ3) is 3.16. The molecule has 1 aliphatic carbocycles. The van der Waals surface area contributed by atoms with E-state index in [1.807, 2.05) is 0 Å². The Kier molecular flexibility index (Phi) is 3.91. The third-order valence-electron chi connectivity index (χ3n) is 3.48. The Hall–Kier alpha value is -2.63. The van der Waals surface area contributed by atoms with Gasteiger partial charge in [0.15, 0.2) is 5.69 Å². The molecular formula is C16H17N3O3. The van der Waals surface area contributed by atoms with Gasteiger partial charge in [0.25, 0.3) is 5.91 Å². The normalized spacial score (nSPS) is 13.7. The second kappa shape index (κ2) is 6.01. The largest absolute Gasteiger partial charge is 0.462 e. The van der Waals surface area contributed by atoms with Gasteiger partial charge >= 0.3 is 5.97 Å². The van der Waals surface area contributed by atoms with Gasteiger partial charge in [-0.15, -0.1) is 0 Å². The number of amides is 1. The van der Waals surface area contributed by atoms with Crippen molar-refractivity contribution in [2.45, 2.75) is 25.7 Å². The highest BCUT2D eigenvalue weighted by molar-refractivity contribution is 6.03. The lowest BCUT2D eigenvalue weighted by atomic mass is 10.2. The van der Waals surface area contributed by atoms with Gasteiger partial charge in [0.1, 0.15) is 0 Å². The molecule has 1 heterocycles. The molecule has 1 aromatic heterocycles. The Balaban J connectivity index is 1.70. The minimum atomic E-state index is -0.408. The molecule has 2 aromatic rings. The van der Waals surface area contributed by atoms with E-state index in [0.717, 1.165) is 18.5 Å². The van der Waals surface area contributed by atoms with Crippen LogP contribution in [0.2, 0.25) is 0 Å². The van der Waals surface area contributed by atoms with E-state index in [4.69, 9.17) is 4.74 Å². The molecular weight excluding hydrogens is 282 g/mol. The fourth-order valence-electron chi connectivity index (χ4n) is 2.19. The van der Waals surface area contributed by atoms with Crippen molar-refractivity contribution in [3.8, 4) is 0 Å². The maximum absolute atomic E-state index is 12.2. The van der Waals surface area contributed by atoms with Gasteiger partial charge in [-0.25, -0.2) is 4.79 Å². The maximum Gasteiger partial charge on any atom is 0.338 e. The predicted octanol–water partition coefficient (Wildman–Crippen LogP) is 2.72. The summed E-state index contributed by atoms with van der Waals surface area (Å²) >= 11 is 0. The molecule has 114 valence electrons.